The summed E-state index contributed by atoms with van der Waals surface area (Å²) in [6.45, 7) is 14.6. The molecule has 3 nitrogen and oxygen atoms in total. The van der Waals surface area contributed by atoms with Gasteiger partial charge in [0.25, 0.3) is 0 Å². The first-order valence-corrected chi connectivity index (χ1v) is 11.8. The molecule has 2 aromatic rings. The molecular formula is C28H44ClNO2. The van der Waals surface area contributed by atoms with Crippen molar-refractivity contribution in [3.05, 3.63) is 65.7 Å². The van der Waals surface area contributed by atoms with Crippen LogP contribution in [0.15, 0.2) is 54.6 Å². The third-order valence-corrected chi connectivity index (χ3v) is 5.64. The Balaban J connectivity index is 0.00000512. The SMILES string of the molecule is Cc1ccccc1OC(COCC[N+](C)(C)Cc1ccccc1)(CC(C)C)CC(C)C.[Cl-]. The molecule has 0 aromatic heterocycles. The van der Waals surface area contributed by atoms with Crippen LogP contribution in [-0.2, 0) is 11.3 Å². The predicted molar refractivity (Wildman–Crippen MR) is 131 cm³/mol. The number of rotatable bonds is 13. The van der Waals surface area contributed by atoms with Crippen LogP contribution in [-0.4, -0.2) is 43.9 Å². The van der Waals surface area contributed by atoms with Crippen molar-refractivity contribution < 1.29 is 26.4 Å². The molecule has 0 unspecified atom stereocenters. The minimum atomic E-state index is -0.301. The molecule has 0 aliphatic carbocycles. The van der Waals surface area contributed by atoms with E-state index < -0.39 is 0 Å². The molecule has 0 fully saturated rings. The van der Waals surface area contributed by atoms with Crippen LogP contribution in [0.2, 0.25) is 0 Å². The number of para-hydroxylation sites is 1. The van der Waals surface area contributed by atoms with E-state index in [2.05, 4.69) is 103 Å². The van der Waals surface area contributed by atoms with Crippen LogP contribution in [0.1, 0.15) is 51.7 Å². The summed E-state index contributed by atoms with van der Waals surface area (Å²) < 4.78 is 14.0. The van der Waals surface area contributed by atoms with Gasteiger partial charge in [0.15, 0.2) is 0 Å². The van der Waals surface area contributed by atoms with E-state index in [1.807, 2.05) is 0 Å². The Kier molecular flexibility index (Phi) is 11.8. The summed E-state index contributed by atoms with van der Waals surface area (Å²) in [6.07, 6.45) is 1.98. The molecule has 0 bridgehead atoms. The maximum absolute atomic E-state index is 6.75. The van der Waals surface area contributed by atoms with Crippen LogP contribution < -0.4 is 17.1 Å². The predicted octanol–water partition coefficient (Wildman–Crippen LogP) is 3.50. The van der Waals surface area contributed by atoms with Crippen molar-refractivity contribution >= 4 is 0 Å². The number of nitrogens with zero attached hydrogens (tertiary/aromatic N) is 1. The lowest BCUT2D eigenvalue weighted by Crippen LogP contribution is -3.00. The van der Waals surface area contributed by atoms with E-state index in [1.165, 1.54) is 11.1 Å². The maximum atomic E-state index is 6.75. The van der Waals surface area contributed by atoms with Gasteiger partial charge in [-0.05, 0) is 43.2 Å². The Labute approximate surface area is 203 Å². The molecule has 0 spiro atoms. The van der Waals surface area contributed by atoms with Crippen LogP contribution in [0.4, 0.5) is 0 Å². The van der Waals surface area contributed by atoms with E-state index >= 15 is 0 Å². The quantitative estimate of drug-likeness (QED) is 0.336. The molecule has 0 aliphatic rings. The van der Waals surface area contributed by atoms with Gasteiger partial charge in [0.2, 0.25) is 0 Å². The van der Waals surface area contributed by atoms with E-state index in [4.69, 9.17) is 9.47 Å². The summed E-state index contributed by atoms with van der Waals surface area (Å²) in [5, 5.41) is 0. The van der Waals surface area contributed by atoms with Crippen molar-refractivity contribution in [1.29, 1.82) is 0 Å². The Morgan fingerprint density at radius 1 is 0.844 bits per heavy atom. The molecule has 2 rings (SSSR count). The summed E-state index contributed by atoms with van der Waals surface area (Å²) in [7, 11) is 4.55. The average molecular weight is 462 g/mol. The number of quaternary nitrogens is 1. The van der Waals surface area contributed by atoms with Crippen LogP contribution in [0.5, 0.6) is 5.75 Å². The summed E-state index contributed by atoms with van der Waals surface area (Å²) >= 11 is 0. The minimum Gasteiger partial charge on any atom is -1.00 e. The van der Waals surface area contributed by atoms with E-state index in [0.29, 0.717) is 18.4 Å². The van der Waals surface area contributed by atoms with Crippen LogP contribution in [0, 0.1) is 18.8 Å². The standard InChI is InChI=1S/C28H44NO2.ClH/c1-23(2)19-28(20-24(3)4,31-27-16-12-11-13-25(27)5)22-30-18-17-29(6,7)21-26-14-9-8-10-15-26;/h8-16,23-24H,17-22H2,1-7H3;1H/q+1;/p-1. The average Bonchev–Trinajstić information content (AvgIpc) is 2.66. The number of aryl methyl sites for hydroxylation is 1. The number of likely N-dealkylation sites (N-methyl/N-ethyl adjacent to an activating group) is 1. The van der Waals surface area contributed by atoms with Gasteiger partial charge in [-0.25, -0.2) is 0 Å². The molecule has 0 saturated carbocycles. The van der Waals surface area contributed by atoms with E-state index in [1.54, 1.807) is 0 Å². The molecule has 0 N–H and O–H groups in total. The first-order valence-electron chi connectivity index (χ1n) is 11.8. The summed E-state index contributed by atoms with van der Waals surface area (Å²) in [6, 6.07) is 19.0. The molecule has 0 saturated heterocycles. The third-order valence-electron chi connectivity index (χ3n) is 5.64. The van der Waals surface area contributed by atoms with Crippen LogP contribution in [0.3, 0.4) is 0 Å². The highest BCUT2D eigenvalue weighted by Gasteiger charge is 2.35. The van der Waals surface area contributed by atoms with Crippen molar-refractivity contribution in [3.63, 3.8) is 0 Å². The number of halogens is 1. The zero-order valence-electron chi connectivity index (χ0n) is 21.2. The fourth-order valence-electron chi connectivity index (χ4n) is 4.43. The van der Waals surface area contributed by atoms with Crippen LogP contribution in [0.25, 0.3) is 0 Å². The second kappa shape index (κ2) is 13.2. The molecule has 0 radical (unpaired) electrons. The van der Waals surface area contributed by atoms with Crippen molar-refractivity contribution in [1.82, 2.24) is 0 Å². The fraction of sp³-hybridized carbons (Fsp3) is 0.571. The third kappa shape index (κ3) is 9.94. The normalized spacial score (nSPS) is 12.2. The van der Waals surface area contributed by atoms with Gasteiger partial charge in [0.1, 0.15) is 24.4 Å². The first kappa shape index (κ1) is 28.5. The monoisotopic (exact) mass is 461 g/mol. The number of benzene rings is 2. The van der Waals surface area contributed by atoms with Gasteiger partial charge < -0.3 is 26.4 Å². The topological polar surface area (TPSA) is 18.5 Å². The van der Waals surface area contributed by atoms with E-state index in [0.717, 1.165) is 42.8 Å². The maximum Gasteiger partial charge on any atom is 0.133 e. The Hall–Kier alpha value is -1.55. The van der Waals surface area contributed by atoms with E-state index in [-0.39, 0.29) is 18.0 Å². The Morgan fingerprint density at radius 3 is 1.97 bits per heavy atom. The Morgan fingerprint density at radius 2 is 1.41 bits per heavy atom. The van der Waals surface area contributed by atoms with Crippen molar-refractivity contribution in [2.75, 3.05) is 33.9 Å². The highest BCUT2D eigenvalue weighted by molar-refractivity contribution is 5.32. The highest BCUT2D eigenvalue weighted by Crippen LogP contribution is 2.33. The lowest BCUT2D eigenvalue weighted by atomic mass is 9.85. The number of ether oxygens (including phenoxy) is 2. The molecule has 0 heterocycles. The molecule has 0 aliphatic heterocycles. The molecule has 2 aromatic carbocycles. The minimum absolute atomic E-state index is 0. The summed E-state index contributed by atoms with van der Waals surface area (Å²) in [4.78, 5) is 0. The van der Waals surface area contributed by atoms with Gasteiger partial charge in [-0.2, -0.15) is 0 Å². The molecule has 32 heavy (non-hydrogen) atoms. The second-order valence-corrected chi connectivity index (χ2v) is 10.6. The van der Waals surface area contributed by atoms with Crippen molar-refractivity contribution in [3.8, 4) is 5.75 Å². The van der Waals surface area contributed by atoms with Crippen LogP contribution >= 0.6 is 0 Å². The molecule has 0 atom stereocenters. The van der Waals surface area contributed by atoms with Gasteiger partial charge in [-0.15, -0.1) is 0 Å². The van der Waals surface area contributed by atoms with Crippen molar-refractivity contribution in [2.45, 2.75) is 59.6 Å². The van der Waals surface area contributed by atoms with Crippen molar-refractivity contribution in [2.24, 2.45) is 11.8 Å². The number of hydrogen-bond donors (Lipinski definition) is 0. The smallest absolute Gasteiger partial charge is 0.133 e. The second-order valence-electron chi connectivity index (χ2n) is 10.6. The molecule has 0 amide bonds. The summed E-state index contributed by atoms with van der Waals surface area (Å²) in [5.41, 5.74) is 2.25. The zero-order valence-corrected chi connectivity index (χ0v) is 22.0. The molecule has 180 valence electrons. The fourth-order valence-corrected chi connectivity index (χ4v) is 4.43. The lowest BCUT2D eigenvalue weighted by Gasteiger charge is -2.38. The first-order chi connectivity index (χ1) is 14.6. The van der Waals surface area contributed by atoms with Gasteiger partial charge in [0.05, 0.1) is 27.3 Å². The Bertz CT molecular complexity index is 764. The van der Waals surface area contributed by atoms with E-state index in [9.17, 15) is 0 Å². The molecular weight excluding hydrogens is 418 g/mol. The highest BCUT2D eigenvalue weighted by atomic mass is 35.5. The van der Waals surface area contributed by atoms with Gasteiger partial charge in [-0.3, -0.25) is 0 Å². The van der Waals surface area contributed by atoms with Gasteiger partial charge in [0, 0.05) is 5.56 Å². The zero-order chi connectivity index (χ0) is 22.9. The van der Waals surface area contributed by atoms with Gasteiger partial charge >= 0.3 is 0 Å². The lowest BCUT2D eigenvalue weighted by molar-refractivity contribution is -0.904. The summed E-state index contributed by atoms with van der Waals surface area (Å²) in [5.74, 6) is 2.06. The largest absolute Gasteiger partial charge is 1.00 e. The van der Waals surface area contributed by atoms with Gasteiger partial charge in [-0.1, -0.05) is 76.2 Å². The molecule has 4 heteroatoms. The number of hydrogen-bond acceptors (Lipinski definition) is 2.